The van der Waals surface area contributed by atoms with Crippen molar-refractivity contribution >= 4 is 5.97 Å². The Labute approximate surface area is 99.5 Å². The monoisotopic (exact) mass is 234 g/mol. The Hall–Kier alpha value is -1.71. The fourth-order valence-electron chi connectivity index (χ4n) is 1.76. The van der Waals surface area contributed by atoms with Gasteiger partial charge in [-0.1, -0.05) is 12.1 Å². The molecule has 1 unspecified atom stereocenters. The summed E-state index contributed by atoms with van der Waals surface area (Å²) in [5, 5.41) is 0. The second-order valence-electron chi connectivity index (χ2n) is 4.40. The maximum absolute atomic E-state index is 11.4. The van der Waals surface area contributed by atoms with Crippen LogP contribution >= 0.6 is 0 Å². The third-order valence-electron chi connectivity index (χ3n) is 2.89. The van der Waals surface area contributed by atoms with Crippen LogP contribution in [0.25, 0.3) is 0 Å². The summed E-state index contributed by atoms with van der Waals surface area (Å²) in [4.78, 5) is 11.4. The van der Waals surface area contributed by atoms with E-state index in [-0.39, 0.29) is 24.6 Å². The Morgan fingerprint density at radius 2 is 2.06 bits per heavy atom. The van der Waals surface area contributed by atoms with E-state index in [0.29, 0.717) is 12.4 Å². The van der Waals surface area contributed by atoms with Gasteiger partial charge in [0, 0.05) is 0 Å². The molecule has 1 aliphatic carbocycles. The van der Waals surface area contributed by atoms with E-state index in [1.54, 1.807) is 0 Å². The number of ether oxygens (including phenoxy) is 3. The van der Waals surface area contributed by atoms with Gasteiger partial charge in [0.05, 0.1) is 5.92 Å². The van der Waals surface area contributed by atoms with Crippen LogP contribution in [-0.2, 0) is 9.53 Å². The van der Waals surface area contributed by atoms with Gasteiger partial charge in [0.1, 0.15) is 13.2 Å². The molecule has 0 bridgehead atoms. The molecule has 0 spiro atoms. The highest BCUT2D eigenvalue weighted by atomic mass is 16.6. The number of carbonyl (C=O) groups excluding carboxylic acids is 1. The van der Waals surface area contributed by atoms with Gasteiger partial charge < -0.3 is 14.2 Å². The van der Waals surface area contributed by atoms with Crippen LogP contribution < -0.4 is 9.47 Å². The molecule has 1 saturated carbocycles. The number of esters is 1. The van der Waals surface area contributed by atoms with Crippen molar-refractivity contribution in [3.05, 3.63) is 24.3 Å². The fourth-order valence-corrected chi connectivity index (χ4v) is 1.76. The lowest BCUT2D eigenvalue weighted by Crippen LogP contribution is -2.34. The van der Waals surface area contributed by atoms with E-state index in [2.05, 4.69) is 0 Å². The molecule has 0 radical (unpaired) electrons. The Balaban J connectivity index is 1.55. The molecule has 1 fully saturated rings. The molecule has 90 valence electrons. The zero-order valence-corrected chi connectivity index (χ0v) is 9.43. The minimum atomic E-state index is -0.201. The van der Waals surface area contributed by atoms with Crippen LogP contribution in [0.3, 0.4) is 0 Å². The average Bonchev–Trinajstić information content (AvgIpc) is 3.20. The molecular weight excluding hydrogens is 220 g/mol. The van der Waals surface area contributed by atoms with Crippen molar-refractivity contribution in [2.24, 2.45) is 5.92 Å². The molecule has 4 nitrogen and oxygen atoms in total. The van der Waals surface area contributed by atoms with Crippen molar-refractivity contribution in [1.29, 1.82) is 0 Å². The first kappa shape index (κ1) is 10.4. The van der Waals surface area contributed by atoms with Gasteiger partial charge in [0.25, 0.3) is 0 Å². The Kier molecular flexibility index (Phi) is 2.63. The third-order valence-corrected chi connectivity index (χ3v) is 2.89. The average molecular weight is 234 g/mol. The fraction of sp³-hybridized carbons (Fsp3) is 0.462. The van der Waals surface area contributed by atoms with Crippen molar-refractivity contribution in [2.45, 2.75) is 18.9 Å². The van der Waals surface area contributed by atoms with Crippen LogP contribution in [0.2, 0.25) is 0 Å². The highest BCUT2D eigenvalue weighted by Gasteiger charge is 2.32. The SMILES string of the molecule is O=C(OCC1COc2ccccc2O1)C1CC1. The number of fused-ring (bicyclic) bond motifs is 1. The lowest BCUT2D eigenvalue weighted by molar-refractivity contribution is -0.148. The van der Waals surface area contributed by atoms with E-state index in [0.717, 1.165) is 18.6 Å². The van der Waals surface area contributed by atoms with Crippen molar-refractivity contribution in [2.75, 3.05) is 13.2 Å². The summed E-state index contributed by atoms with van der Waals surface area (Å²) < 4.78 is 16.4. The summed E-state index contributed by atoms with van der Waals surface area (Å²) in [5.41, 5.74) is 0. The molecule has 1 aromatic rings. The lowest BCUT2D eigenvalue weighted by atomic mass is 10.3. The van der Waals surface area contributed by atoms with E-state index in [9.17, 15) is 4.79 Å². The minimum absolute atomic E-state index is 0.104. The molecule has 2 aliphatic rings. The summed E-state index contributed by atoms with van der Waals surface area (Å²) in [7, 11) is 0. The summed E-state index contributed by atoms with van der Waals surface area (Å²) in [5.74, 6) is 1.49. The molecule has 0 amide bonds. The predicted octanol–water partition coefficient (Wildman–Crippen LogP) is 1.78. The minimum Gasteiger partial charge on any atom is -0.486 e. The number of benzene rings is 1. The van der Waals surface area contributed by atoms with Gasteiger partial charge in [-0.25, -0.2) is 0 Å². The molecule has 17 heavy (non-hydrogen) atoms. The highest BCUT2D eigenvalue weighted by Crippen LogP contribution is 2.32. The van der Waals surface area contributed by atoms with Gasteiger partial charge in [0.15, 0.2) is 17.6 Å². The predicted molar refractivity (Wildman–Crippen MR) is 60.0 cm³/mol. The Morgan fingerprint density at radius 3 is 2.82 bits per heavy atom. The molecule has 1 heterocycles. The van der Waals surface area contributed by atoms with Crippen molar-refractivity contribution < 1.29 is 19.0 Å². The molecule has 4 heteroatoms. The van der Waals surface area contributed by atoms with Gasteiger partial charge in [-0.3, -0.25) is 4.79 Å². The van der Waals surface area contributed by atoms with Crippen LogP contribution in [0.4, 0.5) is 0 Å². The van der Waals surface area contributed by atoms with E-state index in [1.807, 2.05) is 24.3 Å². The number of hydrogen-bond acceptors (Lipinski definition) is 4. The van der Waals surface area contributed by atoms with Gasteiger partial charge in [-0.05, 0) is 25.0 Å². The Morgan fingerprint density at radius 1 is 1.29 bits per heavy atom. The van der Waals surface area contributed by atoms with Crippen molar-refractivity contribution in [3.63, 3.8) is 0 Å². The quantitative estimate of drug-likeness (QED) is 0.748. The first-order valence-corrected chi connectivity index (χ1v) is 5.88. The van der Waals surface area contributed by atoms with Gasteiger partial charge >= 0.3 is 5.97 Å². The zero-order valence-electron chi connectivity index (χ0n) is 9.43. The maximum Gasteiger partial charge on any atom is 0.309 e. The third kappa shape index (κ3) is 2.35. The second-order valence-corrected chi connectivity index (χ2v) is 4.40. The van der Waals surface area contributed by atoms with Crippen LogP contribution in [0.5, 0.6) is 11.5 Å². The molecule has 0 N–H and O–H groups in total. The van der Waals surface area contributed by atoms with Crippen LogP contribution in [0, 0.1) is 5.92 Å². The standard InChI is InChI=1S/C13H14O4/c14-13(9-5-6-9)16-8-10-7-15-11-3-1-2-4-12(11)17-10/h1-4,9-10H,5-8H2. The number of para-hydroxylation sites is 2. The van der Waals surface area contributed by atoms with Crippen molar-refractivity contribution in [1.82, 2.24) is 0 Å². The first-order chi connectivity index (χ1) is 8.33. The number of rotatable bonds is 3. The summed E-state index contributed by atoms with van der Waals surface area (Å²) in [6.45, 7) is 0.693. The summed E-state index contributed by atoms with van der Waals surface area (Å²) in [6.07, 6.45) is 1.72. The Bertz CT molecular complexity index is 425. The summed E-state index contributed by atoms with van der Waals surface area (Å²) >= 11 is 0. The van der Waals surface area contributed by atoms with E-state index in [1.165, 1.54) is 0 Å². The zero-order chi connectivity index (χ0) is 11.7. The number of carbonyl (C=O) groups is 1. The van der Waals surface area contributed by atoms with Gasteiger partial charge in [0.2, 0.25) is 0 Å². The molecule has 3 rings (SSSR count). The first-order valence-electron chi connectivity index (χ1n) is 5.88. The molecule has 0 aromatic heterocycles. The topological polar surface area (TPSA) is 44.8 Å². The van der Waals surface area contributed by atoms with Crippen molar-refractivity contribution in [3.8, 4) is 11.5 Å². The van der Waals surface area contributed by atoms with E-state index in [4.69, 9.17) is 14.2 Å². The van der Waals surface area contributed by atoms with Gasteiger partial charge in [-0.15, -0.1) is 0 Å². The number of hydrogen-bond donors (Lipinski definition) is 0. The molecule has 1 aromatic carbocycles. The molecule has 0 saturated heterocycles. The molecule has 1 atom stereocenters. The second kappa shape index (κ2) is 4.28. The molecular formula is C13H14O4. The maximum atomic E-state index is 11.4. The smallest absolute Gasteiger partial charge is 0.309 e. The highest BCUT2D eigenvalue weighted by molar-refractivity contribution is 5.74. The lowest BCUT2D eigenvalue weighted by Gasteiger charge is -2.25. The van der Waals surface area contributed by atoms with Gasteiger partial charge in [-0.2, -0.15) is 0 Å². The largest absolute Gasteiger partial charge is 0.486 e. The molecule has 1 aliphatic heterocycles. The van der Waals surface area contributed by atoms with E-state index < -0.39 is 0 Å². The van der Waals surface area contributed by atoms with E-state index >= 15 is 0 Å². The van der Waals surface area contributed by atoms with Crippen LogP contribution in [-0.4, -0.2) is 25.3 Å². The van der Waals surface area contributed by atoms with Crippen LogP contribution in [0.1, 0.15) is 12.8 Å². The summed E-state index contributed by atoms with van der Waals surface area (Å²) in [6, 6.07) is 7.50. The normalized spacial score (nSPS) is 22.0. The van der Waals surface area contributed by atoms with Crippen LogP contribution in [0.15, 0.2) is 24.3 Å².